The van der Waals surface area contributed by atoms with Crippen molar-refractivity contribution in [1.82, 2.24) is 0 Å². The lowest BCUT2D eigenvalue weighted by molar-refractivity contribution is -0.137. The Hall–Kier alpha value is -0.480. The molecule has 128 valence electrons. The maximum Gasteiger partial charge on any atom is 0.303 e. The average molecular weight is 329 g/mol. The highest BCUT2D eigenvalue weighted by Gasteiger charge is 2.27. The molecule has 1 fully saturated rings. The number of rotatable bonds is 13. The van der Waals surface area contributed by atoms with E-state index in [0.29, 0.717) is 6.42 Å². The molecule has 0 amide bonds. The third kappa shape index (κ3) is 9.52. The first-order chi connectivity index (χ1) is 10.7. The summed E-state index contributed by atoms with van der Waals surface area (Å²) in [4.78, 5) is 10.4. The predicted molar refractivity (Wildman–Crippen MR) is 94.5 cm³/mol. The fourth-order valence-corrected chi connectivity index (χ4v) is 4.40. The Morgan fingerprint density at radius 3 is 2.73 bits per heavy atom. The quantitative estimate of drug-likeness (QED) is 0.391. The third-order valence-electron chi connectivity index (χ3n) is 4.21. The molecule has 1 aliphatic heterocycles. The van der Waals surface area contributed by atoms with Crippen LogP contribution in [0.5, 0.6) is 0 Å². The number of allylic oxidation sites excluding steroid dienone is 1. The zero-order valence-corrected chi connectivity index (χ0v) is 14.8. The molecule has 1 rings (SSSR count). The van der Waals surface area contributed by atoms with Gasteiger partial charge < -0.3 is 9.84 Å². The molecule has 0 spiro atoms. The van der Waals surface area contributed by atoms with E-state index in [9.17, 15) is 4.79 Å². The van der Waals surface area contributed by atoms with Gasteiger partial charge in [-0.15, -0.1) is 0 Å². The van der Waals surface area contributed by atoms with Crippen LogP contribution in [0.4, 0.5) is 0 Å². The van der Waals surface area contributed by atoms with Crippen LogP contribution in [0.1, 0.15) is 58.3 Å². The standard InChI is InChI=1S/C18H32O3S/c1-2-3-4-9-12-21-13-17-15-22-14-16(17)10-7-5-6-8-11-18(19)20/h3-4,16-17H,2,5-15H2,1H3,(H,19,20)/t16-,17-/m0/s1. The van der Waals surface area contributed by atoms with E-state index in [1.54, 1.807) is 0 Å². The van der Waals surface area contributed by atoms with E-state index < -0.39 is 5.97 Å². The Morgan fingerprint density at radius 1 is 1.18 bits per heavy atom. The maximum atomic E-state index is 10.4. The van der Waals surface area contributed by atoms with Crippen molar-refractivity contribution >= 4 is 17.7 Å². The normalized spacial score (nSPS) is 21.7. The van der Waals surface area contributed by atoms with Gasteiger partial charge >= 0.3 is 5.97 Å². The molecule has 1 saturated heterocycles. The first-order valence-electron chi connectivity index (χ1n) is 8.76. The van der Waals surface area contributed by atoms with Crippen molar-refractivity contribution in [3.05, 3.63) is 12.2 Å². The predicted octanol–water partition coefficient (Wildman–Crippen LogP) is 4.76. The van der Waals surface area contributed by atoms with Crippen molar-refractivity contribution in [2.24, 2.45) is 11.8 Å². The van der Waals surface area contributed by atoms with Crippen molar-refractivity contribution in [1.29, 1.82) is 0 Å². The molecule has 0 unspecified atom stereocenters. The van der Waals surface area contributed by atoms with Gasteiger partial charge in [-0.3, -0.25) is 4.79 Å². The van der Waals surface area contributed by atoms with E-state index in [2.05, 4.69) is 30.8 Å². The minimum absolute atomic E-state index is 0.322. The SMILES string of the molecule is CCC=CCCOC[C@H]1CSC[C@@H]1CCCCCCC(=O)O. The molecule has 1 N–H and O–H groups in total. The van der Waals surface area contributed by atoms with Crippen LogP contribution in [-0.4, -0.2) is 35.8 Å². The molecule has 2 atom stereocenters. The summed E-state index contributed by atoms with van der Waals surface area (Å²) in [5.41, 5.74) is 0. The van der Waals surface area contributed by atoms with Crippen LogP contribution >= 0.6 is 11.8 Å². The summed E-state index contributed by atoms with van der Waals surface area (Å²) in [7, 11) is 0. The summed E-state index contributed by atoms with van der Waals surface area (Å²) in [5, 5.41) is 8.61. The molecule has 0 radical (unpaired) electrons. The summed E-state index contributed by atoms with van der Waals surface area (Å²) in [6.07, 6.45) is 12.4. The molecular formula is C18H32O3S. The smallest absolute Gasteiger partial charge is 0.303 e. The Labute approximate surface area is 139 Å². The van der Waals surface area contributed by atoms with Crippen molar-refractivity contribution < 1.29 is 14.6 Å². The first-order valence-corrected chi connectivity index (χ1v) is 9.91. The molecule has 1 heterocycles. The van der Waals surface area contributed by atoms with Gasteiger partial charge in [0.15, 0.2) is 0 Å². The van der Waals surface area contributed by atoms with E-state index >= 15 is 0 Å². The molecule has 1 aliphatic rings. The molecule has 0 aromatic carbocycles. The van der Waals surface area contributed by atoms with Crippen LogP contribution in [0, 0.1) is 11.8 Å². The van der Waals surface area contributed by atoms with Crippen molar-refractivity contribution in [2.75, 3.05) is 24.7 Å². The number of unbranched alkanes of at least 4 members (excludes halogenated alkanes) is 3. The van der Waals surface area contributed by atoms with Gasteiger partial charge in [-0.05, 0) is 49.0 Å². The molecular weight excluding hydrogens is 296 g/mol. The van der Waals surface area contributed by atoms with Crippen LogP contribution < -0.4 is 0 Å². The van der Waals surface area contributed by atoms with E-state index in [-0.39, 0.29) is 0 Å². The number of ether oxygens (including phenoxy) is 1. The fraction of sp³-hybridized carbons (Fsp3) is 0.833. The molecule has 0 aromatic heterocycles. The van der Waals surface area contributed by atoms with Gasteiger partial charge in [0.25, 0.3) is 0 Å². The van der Waals surface area contributed by atoms with E-state index in [4.69, 9.17) is 9.84 Å². The van der Waals surface area contributed by atoms with Crippen LogP contribution in [-0.2, 0) is 9.53 Å². The van der Waals surface area contributed by atoms with Crippen molar-refractivity contribution in [3.63, 3.8) is 0 Å². The van der Waals surface area contributed by atoms with Gasteiger partial charge in [-0.1, -0.05) is 38.3 Å². The molecule has 0 saturated carbocycles. The Bertz CT molecular complexity index is 317. The molecule has 0 aromatic rings. The molecule has 22 heavy (non-hydrogen) atoms. The number of hydrogen-bond acceptors (Lipinski definition) is 3. The Morgan fingerprint density at radius 2 is 1.95 bits per heavy atom. The number of carboxylic acids is 1. The monoisotopic (exact) mass is 328 g/mol. The van der Waals surface area contributed by atoms with E-state index in [1.165, 1.54) is 30.8 Å². The number of carboxylic acid groups (broad SMARTS) is 1. The van der Waals surface area contributed by atoms with Crippen LogP contribution in [0.2, 0.25) is 0 Å². The van der Waals surface area contributed by atoms with Crippen LogP contribution in [0.15, 0.2) is 12.2 Å². The van der Waals surface area contributed by atoms with Gasteiger partial charge in [0, 0.05) is 6.42 Å². The maximum absolute atomic E-state index is 10.4. The summed E-state index contributed by atoms with van der Waals surface area (Å²) in [5.74, 6) is 3.38. The van der Waals surface area contributed by atoms with Crippen molar-refractivity contribution in [2.45, 2.75) is 58.3 Å². The third-order valence-corrected chi connectivity index (χ3v) is 5.54. The molecule has 4 heteroatoms. The zero-order valence-electron chi connectivity index (χ0n) is 14.0. The first kappa shape index (κ1) is 19.6. The average Bonchev–Trinajstić information content (AvgIpc) is 2.93. The minimum Gasteiger partial charge on any atom is -0.481 e. The summed E-state index contributed by atoms with van der Waals surface area (Å²) >= 11 is 2.06. The van der Waals surface area contributed by atoms with Gasteiger partial charge in [0.2, 0.25) is 0 Å². The number of aliphatic carboxylic acids is 1. The minimum atomic E-state index is -0.668. The summed E-state index contributed by atoms with van der Waals surface area (Å²) < 4.78 is 5.84. The number of thioether (sulfide) groups is 1. The van der Waals surface area contributed by atoms with E-state index in [0.717, 1.165) is 50.7 Å². The summed E-state index contributed by atoms with van der Waals surface area (Å²) in [6.45, 7) is 3.91. The topological polar surface area (TPSA) is 46.5 Å². The van der Waals surface area contributed by atoms with Crippen molar-refractivity contribution in [3.8, 4) is 0 Å². The second-order valence-corrected chi connectivity index (χ2v) is 7.22. The number of hydrogen-bond donors (Lipinski definition) is 1. The highest BCUT2D eigenvalue weighted by molar-refractivity contribution is 7.99. The highest BCUT2D eigenvalue weighted by Crippen LogP contribution is 2.33. The number of carbonyl (C=O) groups is 1. The van der Waals surface area contributed by atoms with Crippen LogP contribution in [0.25, 0.3) is 0 Å². The lowest BCUT2D eigenvalue weighted by Gasteiger charge is -2.18. The van der Waals surface area contributed by atoms with Gasteiger partial charge in [0.05, 0.1) is 13.2 Å². The zero-order chi connectivity index (χ0) is 16.0. The lowest BCUT2D eigenvalue weighted by Crippen LogP contribution is -2.18. The lowest BCUT2D eigenvalue weighted by atomic mass is 9.91. The second kappa shape index (κ2) is 13.0. The van der Waals surface area contributed by atoms with Gasteiger partial charge in [0.1, 0.15) is 0 Å². The summed E-state index contributed by atoms with van der Waals surface area (Å²) in [6, 6.07) is 0. The van der Waals surface area contributed by atoms with Crippen LogP contribution in [0.3, 0.4) is 0 Å². The largest absolute Gasteiger partial charge is 0.481 e. The Balaban J connectivity index is 2.02. The van der Waals surface area contributed by atoms with E-state index in [1.807, 2.05) is 0 Å². The molecule has 0 bridgehead atoms. The van der Waals surface area contributed by atoms with Gasteiger partial charge in [-0.25, -0.2) is 0 Å². The highest BCUT2D eigenvalue weighted by atomic mass is 32.2. The fourth-order valence-electron chi connectivity index (χ4n) is 2.85. The Kier molecular flexibility index (Phi) is 11.6. The molecule has 0 aliphatic carbocycles. The van der Waals surface area contributed by atoms with Gasteiger partial charge in [-0.2, -0.15) is 11.8 Å². The molecule has 3 nitrogen and oxygen atoms in total. The second-order valence-electron chi connectivity index (χ2n) is 6.15.